The Labute approximate surface area is 107 Å². The number of aliphatic hydroxyl groups excluding tert-OH is 1. The first kappa shape index (κ1) is 12.7. The van der Waals surface area contributed by atoms with Crippen molar-refractivity contribution < 1.29 is 5.11 Å². The van der Waals surface area contributed by atoms with Gasteiger partial charge in [0.1, 0.15) is 5.82 Å². The molecular formula is C13H20N2OS. The molecule has 1 unspecified atom stereocenters. The van der Waals surface area contributed by atoms with Gasteiger partial charge in [-0.05, 0) is 36.3 Å². The number of hydrogen-bond donors (Lipinski definition) is 1. The highest BCUT2D eigenvalue weighted by atomic mass is 32.2. The molecule has 1 aromatic heterocycles. The lowest BCUT2D eigenvalue weighted by atomic mass is 10.1. The number of aromatic nitrogens is 1. The smallest absolute Gasteiger partial charge is 0.129 e. The predicted octanol–water partition coefficient (Wildman–Crippen LogP) is 2.08. The van der Waals surface area contributed by atoms with Crippen molar-refractivity contribution in [3.05, 3.63) is 23.4 Å². The molecule has 17 heavy (non-hydrogen) atoms. The molecule has 0 radical (unpaired) electrons. The van der Waals surface area contributed by atoms with E-state index in [4.69, 9.17) is 0 Å². The first-order valence-corrected chi connectivity index (χ1v) is 7.31. The number of aryl methyl sites for hydroxylation is 1. The number of thioether (sulfide) groups is 1. The molecule has 0 aromatic carbocycles. The van der Waals surface area contributed by atoms with Crippen LogP contribution in [-0.2, 0) is 13.0 Å². The van der Waals surface area contributed by atoms with Gasteiger partial charge in [0.05, 0.1) is 6.61 Å². The van der Waals surface area contributed by atoms with Crippen LogP contribution in [0.4, 0.5) is 5.82 Å². The van der Waals surface area contributed by atoms with Crippen LogP contribution in [-0.4, -0.2) is 34.7 Å². The van der Waals surface area contributed by atoms with Crippen LogP contribution in [0.1, 0.15) is 24.6 Å². The Hall–Kier alpha value is -0.740. The third kappa shape index (κ3) is 2.93. The minimum atomic E-state index is 0.0930. The van der Waals surface area contributed by atoms with Gasteiger partial charge in [0.2, 0.25) is 0 Å². The van der Waals surface area contributed by atoms with Crippen molar-refractivity contribution in [2.24, 2.45) is 0 Å². The first-order chi connectivity index (χ1) is 8.24. The molecule has 0 spiro atoms. The van der Waals surface area contributed by atoms with Crippen molar-refractivity contribution in [3.63, 3.8) is 0 Å². The Morgan fingerprint density at radius 2 is 2.35 bits per heavy atom. The van der Waals surface area contributed by atoms with Crippen molar-refractivity contribution in [2.75, 3.05) is 23.5 Å². The van der Waals surface area contributed by atoms with Gasteiger partial charge < -0.3 is 10.0 Å². The topological polar surface area (TPSA) is 36.4 Å². The van der Waals surface area contributed by atoms with Crippen LogP contribution in [0.2, 0.25) is 0 Å². The molecule has 0 amide bonds. The number of anilines is 1. The Bertz CT molecular complexity index is 355. The minimum absolute atomic E-state index is 0.0930. The van der Waals surface area contributed by atoms with Crippen molar-refractivity contribution >= 4 is 17.6 Å². The third-order valence-corrected chi connectivity index (χ3v) is 4.43. The molecular weight excluding hydrogens is 232 g/mol. The zero-order valence-electron chi connectivity index (χ0n) is 10.5. The van der Waals surface area contributed by atoms with Crippen molar-refractivity contribution in [2.45, 2.75) is 32.4 Å². The van der Waals surface area contributed by atoms with E-state index in [9.17, 15) is 5.11 Å². The monoisotopic (exact) mass is 252 g/mol. The van der Waals surface area contributed by atoms with Gasteiger partial charge in [0.15, 0.2) is 0 Å². The van der Waals surface area contributed by atoms with Gasteiger partial charge in [0.25, 0.3) is 0 Å². The molecule has 1 atom stereocenters. The fourth-order valence-corrected chi connectivity index (χ4v) is 3.37. The molecule has 3 nitrogen and oxygen atoms in total. The number of nitrogens with zero attached hydrogens (tertiary/aromatic N) is 2. The normalized spacial score (nSPS) is 19.6. The van der Waals surface area contributed by atoms with Crippen LogP contribution in [0.3, 0.4) is 0 Å². The van der Waals surface area contributed by atoms with Gasteiger partial charge in [-0.3, -0.25) is 0 Å². The Balaban J connectivity index is 2.23. The van der Waals surface area contributed by atoms with Crippen LogP contribution in [0.5, 0.6) is 0 Å². The molecule has 94 valence electrons. The highest BCUT2D eigenvalue weighted by Crippen LogP contribution is 2.25. The van der Waals surface area contributed by atoms with Crippen LogP contribution in [0.15, 0.2) is 12.1 Å². The van der Waals surface area contributed by atoms with Crippen LogP contribution in [0, 0.1) is 0 Å². The maximum Gasteiger partial charge on any atom is 0.129 e. The zero-order valence-corrected chi connectivity index (χ0v) is 11.3. The van der Waals surface area contributed by atoms with Crippen molar-refractivity contribution in [1.82, 2.24) is 4.98 Å². The van der Waals surface area contributed by atoms with Gasteiger partial charge in [-0.15, -0.1) is 0 Å². The van der Waals surface area contributed by atoms with Gasteiger partial charge in [-0.2, -0.15) is 11.8 Å². The number of hydrogen-bond acceptors (Lipinski definition) is 4. The second kappa shape index (κ2) is 5.74. The Morgan fingerprint density at radius 3 is 2.94 bits per heavy atom. The van der Waals surface area contributed by atoms with Crippen LogP contribution in [0.25, 0.3) is 0 Å². The summed E-state index contributed by atoms with van der Waals surface area (Å²) in [4.78, 5) is 6.91. The molecule has 1 N–H and O–H groups in total. The largest absolute Gasteiger partial charge is 0.392 e. The summed E-state index contributed by atoms with van der Waals surface area (Å²) >= 11 is 2.01. The van der Waals surface area contributed by atoms with Crippen LogP contribution >= 0.6 is 11.8 Å². The maximum atomic E-state index is 9.28. The molecule has 2 rings (SSSR count). The molecule has 1 saturated heterocycles. The average Bonchev–Trinajstić information content (AvgIpc) is 2.91. The van der Waals surface area contributed by atoms with E-state index in [1.807, 2.05) is 23.9 Å². The van der Waals surface area contributed by atoms with E-state index >= 15 is 0 Å². The summed E-state index contributed by atoms with van der Waals surface area (Å²) in [7, 11) is 2.11. The Morgan fingerprint density at radius 1 is 1.53 bits per heavy atom. The summed E-state index contributed by atoms with van der Waals surface area (Å²) in [6.07, 6.45) is 2.14. The second-order valence-electron chi connectivity index (χ2n) is 4.46. The summed E-state index contributed by atoms with van der Waals surface area (Å²) in [5.74, 6) is 3.43. The molecule has 1 aliphatic rings. The molecule has 1 aromatic rings. The third-order valence-electron chi connectivity index (χ3n) is 3.28. The summed E-state index contributed by atoms with van der Waals surface area (Å²) < 4.78 is 0. The fourth-order valence-electron chi connectivity index (χ4n) is 2.10. The molecule has 0 saturated carbocycles. The summed E-state index contributed by atoms with van der Waals surface area (Å²) in [5, 5.41) is 9.28. The van der Waals surface area contributed by atoms with E-state index in [2.05, 4.69) is 23.9 Å². The molecule has 1 aliphatic heterocycles. The van der Waals surface area contributed by atoms with Gasteiger partial charge in [-0.25, -0.2) is 4.98 Å². The zero-order chi connectivity index (χ0) is 12.3. The van der Waals surface area contributed by atoms with E-state index in [0.29, 0.717) is 6.04 Å². The fraction of sp³-hybridized carbons (Fsp3) is 0.615. The molecule has 2 heterocycles. The standard InChI is InChI=1S/C13H20N2OS/c1-3-11-6-10(8-16)7-13(14-11)15(2)12-4-5-17-9-12/h6-7,12,16H,3-5,8-9H2,1-2H3. The van der Waals surface area contributed by atoms with E-state index in [1.165, 1.54) is 17.9 Å². The minimum Gasteiger partial charge on any atom is -0.392 e. The number of rotatable bonds is 4. The lowest BCUT2D eigenvalue weighted by Gasteiger charge is -2.25. The molecule has 4 heteroatoms. The molecule has 1 fully saturated rings. The quantitative estimate of drug-likeness (QED) is 0.890. The van der Waals surface area contributed by atoms with Gasteiger partial charge in [0, 0.05) is 24.5 Å². The highest BCUT2D eigenvalue weighted by molar-refractivity contribution is 7.99. The van der Waals surface area contributed by atoms with Gasteiger partial charge >= 0.3 is 0 Å². The van der Waals surface area contributed by atoms with E-state index in [-0.39, 0.29) is 6.61 Å². The Kier molecular flexibility index (Phi) is 4.29. The number of pyridine rings is 1. The SMILES string of the molecule is CCc1cc(CO)cc(N(C)C2CCSC2)n1. The second-order valence-corrected chi connectivity index (χ2v) is 5.61. The van der Waals surface area contributed by atoms with Crippen LogP contribution < -0.4 is 4.90 Å². The summed E-state index contributed by atoms with van der Waals surface area (Å²) in [5.41, 5.74) is 2.02. The average molecular weight is 252 g/mol. The lowest BCUT2D eigenvalue weighted by Crippen LogP contribution is -2.32. The summed E-state index contributed by atoms with van der Waals surface area (Å²) in [6, 6.07) is 4.58. The van der Waals surface area contributed by atoms with Gasteiger partial charge in [-0.1, -0.05) is 6.92 Å². The lowest BCUT2D eigenvalue weighted by molar-refractivity contribution is 0.281. The maximum absolute atomic E-state index is 9.28. The predicted molar refractivity (Wildman–Crippen MR) is 73.7 cm³/mol. The molecule has 0 aliphatic carbocycles. The molecule has 0 bridgehead atoms. The van der Waals surface area contributed by atoms with E-state index in [0.717, 1.165) is 23.5 Å². The highest BCUT2D eigenvalue weighted by Gasteiger charge is 2.21. The van der Waals surface area contributed by atoms with E-state index < -0.39 is 0 Å². The summed E-state index contributed by atoms with van der Waals surface area (Å²) in [6.45, 7) is 2.19. The number of aliphatic hydroxyl groups is 1. The van der Waals surface area contributed by atoms with Crippen molar-refractivity contribution in [3.8, 4) is 0 Å². The first-order valence-electron chi connectivity index (χ1n) is 6.16. The van der Waals surface area contributed by atoms with E-state index in [1.54, 1.807) is 0 Å². The van der Waals surface area contributed by atoms with Crippen molar-refractivity contribution in [1.29, 1.82) is 0 Å².